The van der Waals surface area contributed by atoms with Crippen LogP contribution >= 0.6 is 0 Å². The van der Waals surface area contributed by atoms with Crippen LogP contribution in [0.15, 0.2) is 53.4 Å². The molecule has 1 saturated heterocycles. The average Bonchev–Trinajstić information content (AvgIpc) is 2.86. The molecule has 1 aliphatic rings. The van der Waals surface area contributed by atoms with E-state index in [-0.39, 0.29) is 17.2 Å². The van der Waals surface area contributed by atoms with Crippen LogP contribution in [0.1, 0.15) is 37.7 Å². The van der Waals surface area contributed by atoms with Gasteiger partial charge in [0.15, 0.2) is 0 Å². The van der Waals surface area contributed by atoms with Crippen LogP contribution in [0.3, 0.4) is 0 Å². The second-order valence-corrected chi connectivity index (χ2v) is 10.3. The van der Waals surface area contributed by atoms with Crippen molar-refractivity contribution in [1.82, 2.24) is 9.62 Å². The van der Waals surface area contributed by atoms with Crippen molar-refractivity contribution in [2.24, 2.45) is 0 Å². The summed E-state index contributed by atoms with van der Waals surface area (Å²) in [6.45, 7) is 2.56. The minimum Gasteiger partial charge on any atom is -0.496 e. The van der Waals surface area contributed by atoms with Crippen LogP contribution in [-0.2, 0) is 21.2 Å². The third-order valence-corrected chi connectivity index (χ3v) is 7.91. The van der Waals surface area contributed by atoms with Crippen molar-refractivity contribution in [2.75, 3.05) is 45.2 Å². The number of hydrogen-bond donors (Lipinski definition) is 1. The zero-order valence-electron chi connectivity index (χ0n) is 19.6. The van der Waals surface area contributed by atoms with Gasteiger partial charge in [0.05, 0.1) is 12.0 Å². The minimum atomic E-state index is -3.52. The first kappa shape index (κ1) is 25.1. The Morgan fingerprint density at radius 2 is 1.82 bits per heavy atom. The number of benzene rings is 2. The van der Waals surface area contributed by atoms with E-state index in [1.165, 1.54) is 0 Å². The molecule has 1 N–H and O–H groups in total. The van der Waals surface area contributed by atoms with Crippen molar-refractivity contribution in [3.05, 3.63) is 54.1 Å². The first-order chi connectivity index (χ1) is 15.9. The lowest BCUT2D eigenvalue weighted by atomic mass is 10.1. The minimum absolute atomic E-state index is 0.0521. The van der Waals surface area contributed by atoms with E-state index in [0.717, 1.165) is 43.5 Å². The molecular weight excluding hydrogens is 438 g/mol. The van der Waals surface area contributed by atoms with E-state index in [1.807, 2.05) is 25.2 Å². The molecule has 0 aromatic heterocycles. The molecule has 1 amide bonds. The highest BCUT2D eigenvalue weighted by molar-refractivity contribution is 7.89. The molecule has 0 spiro atoms. The maximum Gasteiger partial charge on any atom is 0.243 e. The van der Waals surface area contributed by atoms with Gasteiger partial charge < -0.3 is 15.0 Å². The van der Waals surface area contributed by atoms with Crippen LogP contribution in [-0.4, -0.2) is 59.0 Å². The predicted molar refractivity (Wildman–Crippen MR) is 131 cm³/mol. The van der Waals surface area contributed by atoms with E-state index in [0.29, 0.717) is 31.8 Å². The molecule has 0 radical (unpaired) electrons. The second kappa shape index (κ2) is 12.0. The van der Waals surface area contributed by atoms with Gasteiger partial charge in [-0.3, -0.25) is 4.79 Å². The molecule has 180 valence electrons. The first-order valence-corrected chi connectivity index (χ1v) is 13.1. The van der Waals surface area contributed by atoms with E-state index in [1.54, 1.807) is 29.6 Å². The number of amides is 1. The number of piperidine rings is 1. The molecule has 2 aromatic rings. The van der Waals surface area contributed by atoms with Crippen LogP contribution < -0.4 is 15.0 Å². The summed E-state index contributed by atoms with van der Waals surface area (Å²) in [4.78, 5) is 14.8. The molecule has 0 aliphatic carbocycles. The Morgan fingerprint density at radius 1 is 1.09 bits per heavy atom. The van der Waals surface area contributed by atoms with Crippen LogP contribution in [0.25, 0.3) is 0 Å². The lowest BCUT2D eigenvalue weighted by Gasteiger charge is -2.26. The maximum atomic E-state index is 13.0. The highest BCUT2D eigenvalue weighted by atomic mass is 32.2. The lowest BCUT2D eigenvalue weighted by Crippen LogP contribution is -2.35. The van der Waals surface area contributed by atoms with Crippen molar-refractivity contribution >= 4 is 21.6 Å². The summed E-state index contributed by atoms with van der Waals surface area (Å²) in [5.74, 6) is 0.550. The van der Waals surface area contributed by atoms with Gasteiger partial charge in [0, 0.05) is 45.3 Å². The van der Waals surface area contributed by atoms with Gasteiger partial charge in [-0.05, 0) is 61.6 Å². The summed E-state index contributed by atoms with van der Waals surface area (Å²) in [6, 6.07) is 15.1. The summed E-state index contributed by atoms with van der Waals surface area (Å²) in [6.07, 6.45) is 4.38. The van der Waals surface area contributed by atoms with Crippen LogP contribution in [0, 0.1) is 0 Å². The van der Waals surface area contributed by atoms with Gasteiger partial charge in [-0.2, -0.15) is 4.31 Å². The average molecular weight is 474 g/mol. The van der Waals surface area contributed by atoms with E-state index >= 15 is 0 Å². The van der Waals surface area contributed by atoms with E-state index in [2.05, 4.69) is 22.3 Å². The largest absolute Gasteiger partial charge is 0.496 e. The summed E-state index contributed by atoms with van der Waals surface area (Å²) >= 11 is 0. The Kier molecular flexibility index (Phi) is 9.14. The fourth-order valence-electron chi connectivity index (χ4n) is 4.06. The van der Waals surface area contributed by atoms with Gasteiger partial charge in [-0.15, -0.1) is 0 Å². The molecule has 3 rings (SSSR count). The highest BCUT2D eigenvalue weighted by Gasteiger charge is 2.26. The summed E-state index contributed by atoms with van der Waals surface area (Å²) in [5.41, 5.74) is 1.88. The Balaban J connectivity index is 1.51. The number of carbonyl (C=O) groups is 1. The van der Waals surface area contributed by atoms with Gasteiger partial charge in [-0.1, -0.05) is 24.6 Å². The maximum absolute atomic E-state index is 13.0. The molecular formula is C25H35N3O4S. The fraction of sp³-hybridized carbons (Fsp3) is 0.480. The zero-order valence-corrected chi connectivity index (χ0v) is 20.4. The number of sulfonamides is 1. The molecule has 33 heavy (non-hydrogen) atoms. The molecule has 1 heterocycles. The summed E-state index contributed by atoms with van der Waals surface area (Å²) < 4.78 is 33.0. The van der Waals surface area contributed by atoms with E-state index in [9.17, 15) is 13.2 Å². The third kappa shape index (κ3) is 6.95. The van der Waals surface area contributed by atoms with Crippen molar-refractivity contribution in [3.8, 4) is 5.75 Å². The summed E-state index contributed by atoms with van der Waals surface area (Å²) in [7, 11) is 0.0684. The van der Waals surface area contributed by atoms with E-state index in [4.69, 9.17) is 4.74 Å². The Labute approximate surface area is 197 Å². The van der Waals surface area contributed by atoms with Crippen LogP contribution in [0.2, 0.25) is 0 Å². The molecule has 1 aliphatic heterocycles. The normalized spacial score (nSPS) is 14.6. The topological polar surface area (TPSA) is 79.0 Å². The molecule has 0 bridgehead atoms. The SMILES string of the molecule is COc1ccc(S(=O)(=O)N2CCCCC2)cc1CCC(=O)NCCCN(C)c1ccccc1. The number of aryl methyl sites for hydroxylation is 1. The highest BCUT2D eigenvalue weighted by Crippen LogP contribution is 2.27. The molecule has 7 nitrogen and oxygen atoms in total. The molecule has 0 unspecified atom stereocenters. The van der Waals surface area contributed by atoms with Gasteiger partial charge in [-0.25, -0.2) is 8.42 Å². The fourth-order valence-corrected chi connectivity index (χ4v) is 5.63. The van der Waals surface area contributed by atoms with Gasteiger partial charge in [0.25, 0.3) is 0 Å². The second-order valence-electron chi connectivity index (χ2n) is 8.40. The van der Waals surface area contributed by atoms with Crippen molar-refractivity contribution in [1.29, 1.82) is 0 Å². The number of carbonyl (C=O) groups excluding carboxylic acids is 1. The number of para-hydroxylation sites is 1. The molecule has 1 fully saturated rings. The molecule has 0 atom stereocenters. The lowest BCUT2D eigenvalue weighted by molar-refractivity contribution is -0.121. The molecule has 2 aromatic carbocycles. The molecule has 0 saturated carbocycles. The van der Waals surface area contributed by atoms with Gasteiger partial charge in [0.1, 0.15) is 5.75 Å². The number of anilines is 1. The first-order valence-electron chi connectivity index (χ1n) is 11.6. The number of ether oxygens (including phenoxy) is 1. The monoisotopic (exact) mass is 473 g/mol. The Morgan fingerprint density at radius 3 is 2.52 bits per heavy atom. The predicted octanol–water partition coefficient (Wildman–Crippen LogP) is 3.45. The van der Waals surface area contributed by atoms with Crippen molar-refractivity contribution in [2.45, 2.75) is 43.4 Å². The molecule has 8 heteroatoms. The van der Waals surface area contributed by atoms with Crippen molar-refractivity contribution in [3.63, 3.8) is 0 Å². The number of rotatable bonds is 11. The smallest absolute Gasteiger partial charge is 0.243 e. The number of nitrogens with zero attached hydrogens (tertiary/aromatic N) is 2. The number of hydrogen-bond acceptors (Lipinski definition) is 5. The Bertz CT molecular complexity index is 1010. The number of nitrogens with one attached hydrogen (secondary N) is 1. The third-order valence-electron chi connectivity index (χ3n) is 6.02. The van der Waals surface area contributed by atoms with Gasteiger partial charge >= 0.3 is 0 Å². The van der Waals surface area contributed by atoms with Crippen LogP contribution in [0.5, 0.6) is 5.75 Å². The standard InChI is InChI=1S/C25H35N3O4S/c1-27(22-10-5-3-6-11-22)17-9-16-26-25(29)15-12-21-20-23(13-14-24(21)32-2)33(30,31)28-18-7-4-8-19-28/h3,5-6,10-11,13-14,20H,4,7-9,12,15-19H2,1-2H3,(H,26,29). The quantitative estimate of drug-likeness (QED) is 0.506. The zero-order chi connectivity index (χ0) is 23.7. The Hall–Kier alpha value is -2.58. The van der Waals surface area contributed by atoms with Crippen molar-refractivity contribution < 1.29 is 17.9 Å². The van der Waals surface area contributed by atoms with E-state index < -0.39 is 10.0 Å². The van der Waals surface area contributed by atoms with Crippen LogP contribution in [0.4, 0.5) is 5.69 Å². The number of methoxy groups -OCH3 is 1. The van der Waals surface area contributed by atoms with Gasteiger partial charge in [0.2, 0.25) is 15.9 Å². The summed E-state index contributed by atoms with van der Waals surface area (Å²) in [5, 5.41) is 2.96.